The van der Waals surface area contributed by atoms with E-state index in [4.69, 9.17) is 5.73 Å². The molecule has 1 aromatic carbocycles. The second kappa shape index (κ2) is 7.28. The van der Waals surface area contributed by atoms with E-state index in [1.807, 2.05) is 30.0 Å². The van der Waals surface area contributed by atoms with Gasteiger partial charge in [0.2, 0.25) is 0 Å². The molecule has 0 bridgehead atoms. The van der Waals surface area contributed by atoms with Crippen LogP contribution in [0.5, 0.6) is 0 Å². The third-order valence-corrected chi connectivity index (χ3v) is 3.73. The van der Waals surface area contributed by atoms with Crippen LogP contribution in [0.15, 0.2) is 18.2 Å². The van der Waals surface area contributed by atoms with E-state index in [9.17, 15) is 4.79 Å². The zero-order chi connectivity index (χ0) is 15.2. The smallest absolute Gasteiger partial charge is 0.255 e. The number of carbonyl (C=O) groups is 1. The number of amides is 1. The van der Waals surface area contributed by atoms with E-state index in [-0.39, 0.29) is 5.91 Å². The molecule has 112 valence electrons. The monoisotopic (exact) mass is 284 g/mol. The maximum absolute atomic E-state index is 12.9. The molecule has 0 atom stereocenters. The number of hydrogen-bond acceptors (Lipinski definition) is 2. The Morgan fingerprint density at radius 2 is 2.19 bits per heavy atom. The van der Waals surface area contributed by atoms with Gasteiger partial charge in [0.05, 0.1) is 12.1 Å². The van der Waals surface area contributed by atoms with Crippen LogP contribution < -0.4 is 5.73 Å². The molecule has 1 amide bonds. The Kier molecular flexibility index (Phi) is 5.41. The first kappa shape index (κ1) is 15.6. The van der Waals surface area contributed by atoms with E-state index < -0.39 is 0 Å². The van der Waals surface area contributed by atoms with Gasteiger partial charge in [0.25, 0.3) is 5.91 Å². The lowest BCUT2D eigenvalue weighted by molar-refractivity contribution is 0.0740. The van der Waals surface area contributed by atoms with Crippen LogP contribution >= 0.6 is 0 Å². The van der Waals surface area contributed by atoms with E-state index >= 15 is 0 Å². The molecule has 0 unspecified atom stereocenters. The zero-order valence-electron chi connectivity index (χ0n) is 13.0. The Morgan fingerprint density at radius 3 is 2.81 bits per heavy atom. The summed E-state index contributed by atoms with van der Waals surface area (Å²) in [6.45, 7) is 5.31. The van der Waals surface area contributed by atoms with Gasteiger partial charge in [-0.25, -0.2) is 0 Å². The summed E-state index contributed by atoms with van der Waals surface area (Å²) in [5.41, 5.74) is 8.04. The van der Waals surface area contributed by atoms with E-state index in [1.54, 1.807) is 0 Å². The molecule has 2 rings (SSSR count). The average Bonchev–Trinajstić information content (AvgIpc) is 3.31. The summed E-state index contributed by atoms with van der Waals surface area (Å²) >= 11 is 0. The first-order chi connectivity index (χ1) is 10.2. The van der Waals surface area contributed by atoms with Crippen molar-refractivity contribution in [3.05, 3.63) is 34.9 Å². The van der Waals surface area contributed by atoms with Crippen LogP contribution in [0.2, 0.25) is 0 Å². The fourth-order valence-corrected chi connectivity index (χ4v) is 2.41. The fraction of sp³-hybridized carbons (Fsp3) is 0.500. The summed E-state index contributed by atoms with van der Waals surface area (Å²) in [5.74, 6) is 6.00. The number of nitrogens with two attached hydrogens (primary N) is 1. The lowest BCUT2D eigenvalue weighted by atomic mass is 10.0. The maximum Gasteiger partial charge on any atom is 0.255 e. The number of unbranched alkanes of at least 4 members (excludes halogenated alkanes) is 1. The van der Waals surface area contributed by atoms with Gasteiger partial charge >= 0.3 is 0 Å². The molecule has 0 saturated heterocycles. The number of aryl methyl sites for hydroxylation is 1. The number of carbonyl (C=O) groups excluding carboxylic acids is 1. The summed E-state index contributed by atoms with van der Waals surface area (Å²) in [4.78, 5) is 14.9. The minimum atomic E-state index is 0.121. The highest BCUT2D eigenvalue weighted by Crippen LogP contribution is 2.29. The molecule has 1 saturated carbocycles. The molecule has 0 heterocycles. The van der Waals surface area contributed by atoms with Crippen molar-refractivity contribution in [1.29, 1.82) is 0 Å². The summed E-state index contributed by atoms with van der Waals surface area (Å²) in [6.07, 6.45) is 4.41. The molecule has 0 radical (unpaired) electrons. The van der Waals surface area contributed by atoms with E-state index in [0.29, 0.717) is 12.6 Å². The molecular weight excluding hydrogens is 260 g/mol. The predicted octanol–water partition coefficient (Wildman–Crippen LogP) is 2.71. The minimum Gasteiger partial charge on any atom is -0.336 e. The molecule has 0 aliphatic heterocycles. The largest absolute Gasteiger partial charge is 0.336 e. The number of rotatable bonds is 5. The first-order valence-corrected chi connectivity index (χ1v) is 7.78. The van der Waals surface area contributed by atoms with Gasteiger partial charge in [-0.15, -0.1) is 0 Å². The van der Waals surface area contributed by atoms with Crippen molar-refractivity contribution < 1.29 is 4.79 Å². The Hall–Kier alpha value is -1.79. The molecule has 0 aromatic heterocycles. The molecule has 1 aliphatic carbocycles. The van der Waals surface area contributed by atoms with Crippen molar-refractivity contribution in [1.82, 2.24) is 4.90 Å². The second-order valence-corrected chi connectivity index (χ2v) is 5.64. The van der Waals surface area contributed by atoms with Gasteiger partial charge < -0.3 is 10.6 Å². The second-order valence-electron chi connectivity index (χ2n) is 5.64. The van der Waals surface area contributed by atoms with Gasteiger partial charge in [-0.05, 0) is 38.3 Å². The first-order valence-electron chi connectivity index (χ1n) is 7.78. The Balaban J connectivity index is 2.29. The van der Waals surface area contributed by atoms with Crippen molar-refractivity contribution in [2.24, 2.45) is 5.73 Å². The number of benzene rings is 1. The number of nitrogens with zero attached hydrogens (tertiary/aromatic N) is 1. The van der Waals surface area contributed by atoms with Gasteiger partial charge in [-0.1, -0.05) is 36.8 Å². The Labute approximate surface area is 127 Å². The van der Waals surface area contributed by atoms with Gasteiger partial charge in [0.15, 0.2) is 0 Å². The van der Waals surface area contributed by atoms with Gasteiger partial charge in [0.1, 0.15) is 0 Å². The van der Waals surface area contributed by atoms with Gasteiger partial charge in [-0.3, -0.25) is 4.79 Å². The van der Waals surface area contributed by atoms with Crippen LogP contribution in [0, 0.1) is 18.8 Å². The van der Waals surface area contributed by atoms with Crippen LogP contribution in [-0.4, -0.2) is 29.9 Å². The van der Waals surface area contributed by atoms with Crippen LogP contribution in [0.4, 0.5) is 0 Å². The maximum atomic E-state index is 12.9. The molecule has 1 aromatic rings. The molecule has 0 spiro atoms. The Bertz CT molecular complexity index is 564. The molecule has 3 nitrogen and oxygen atoms in total. The summed E-state index contributed by atoms with van der Waals surface area (Å²) in [7, 11) is 0. The lowest BCUT2D eigenvalue weighted by Gasteiger charge is -2.23. The van der Waals surface area contributed by atoms with Crippen molar-refractivity contribution in [3.63, 3.8) is 0 Å². The molecular formula is C18H24N2O. The van der Waals surface area contributed by atoms with E-state index in [1.165, 1.54) is 0 Å². The highest BCUT2D eigenvalue weighted by molar-refractivity contribution is 5.97. The van der Waals surface area contributed by atoms with Crippen molar-refractivity contribution in [3.8, 4) is 11.8 Å². The highest BCUT2D eigenvalue weighted by Gasteiger charge is 2.33. The van der Waals surface area contributed by atoms with Crippen LogP contribution in [0.1, 0.15) is 54.1 Å². The van der Waals surface area contributed by atoms with Crippen LogP contribution in [-0.2, 0) is 0 Å². The molecule has 3 heteroatoms. The lowest BCUT2D eigenvalue weighted by Crippen LogP contribution is -2.34. The predicted molar refractivity (Wildman–Crippen MR) is 86.1 cm³/mol. The summed E-state index contributed by atoms with van der Waals surface area (Å²) < 4.78 is 0. The normalized spacial score (nSPS) is 13.5. The number of hydrogen-bond donors (Lipinski definition) is 1. The van der Waals surface area contributed by atoms with Gasteiger partial charge in [-0.2, -0.15) is 0 Å². The van der Waals surface area contributed by atoms with Crippen LogP contribution in [0.3, 0.4) is 0 Å². The third kappa shape index (κ3) is 4.09. The average molecular weight is 284 g/mol. The Morgan fingerprint density at radius 1 is 1.43 bits per heavy atom. The quantitative estimate of drug-likeness (QED) is 0.845. The van der Waals surface area contributed by atoms with Crippen LogP contribution in [0.25, 0.3) is 0 Å². The molecule has 1 fully saturated rings. The van der Waals surface area contributed by atoms with Crippen molar-refractivity contribution >= 4 is 5.91 Å². The zero-order valence-corrected chi connectivity index (χ0v) is 13.0. The summed E-state index contributed by atoms with van der Waals surface area (Å²) in [6, 6.07) is 6.30. The molecule has 2 N–H and O–H groups in total. The highest BCUT2D eigenvalue weighted by atomic mass is 16.2. The van der Waals surface area contributed by atoms with Crippen molar-refractivity contribution in [2.45, 2.75) is 45.6 Å². The van der Waals surface area contributed by atoms with E-state index in [2.05, 4.69) is 18.8 Å². The SMILES string of the molecule is CCCCN(C(=O)c1cc(C)ccc1C#CCN)C1CC1. The fourth-order valence-electron chi connectivity index (χ4n) is 2.41. The van der Waals surface area contributed by atoms with E-state index in [0.717, 1.165) is 48.9 Å². The van der Waals surface area contributed by atoms with Crippen molar-refractivity contribution in [2.75, 3.05) is 13.1 Å². The standard InChI is InChI=1S/C18H24N2O/c1-3-4-12-20(16-9-10-16)18(21)17-13-14(2)7-8-15(17)6-5-11-19/h7-8,13,16H,3-4,9-12,19H2,1-2H3. The summed E-state index contributed by atoms with van der Waals surface area (Å²) in [5, 5.41) is 0. The third-order valence-electron chi connectivity index (χ3n) is 3.73. The minimum absolute atomic E-state index is 0.121. The topological polar surface area (TPSA) is 46.3 Å². The molecule has 1 aliphatic rings. The molecule has 21 heavy (non-hydrogen) atoms. The van der Waals surface area contributed by atoms with Gasteiger partial charge in [0, 0.05) is 18.2 Å².